The topological polar surface area (TPSA) is 73.1 Å². The van der Waals surface area contributed by atoms with Crippen molar-refractivity contribution in [3.05, 3.63) is 82.4 Å². The molecule has 3 aromatic carbocycles. The maximum absolute atomic E-state index is 12.8. The first-order chi connectivity index (χ1) is 12.9. The van der Waals surface area contributed by atoms with Crippen molar-refractivity contribution in [1.29, 1.82) is 5.26 Å². The molecular weight excluding hydrogens is 336 g/mol. The largest absolute Gasteiger partial charge is 0.508 e. The lowest BCUT2D eigenvalue weighted by Crippen LogP contribution is -2.16. The third-order valence-electron chi connectivity index (χ3n) is 4.56. The second-order valence-corrected chi connectivity index (χ2v) is 6.63. The van der Waals surface area contributed by atoms with Gasteiger partial charge in [0.25, 0.3) is 5.91 Å². The standard InChI is InChI=1S/C23H20N2O2/c1-14-10-17(13-24)4-9-21(14)25-23(27)22-15(2)11-19(12-16(22)3)18-5-7-20(26)8-6-18/h4-12,26H,1-3H3,(H,25,27). The molecule has 0 aliphatic rings. The molecule has 0 atom stereocenters. The van der Waals surface area contributed by atoms with Crippen LogP contribution in [0, 0.1) is 32.1 Å². The van der Waals surface area contributed by atoms with Gasteiger partial charge in [0, 0.05) is 11.3 Å². The van der Waals surface area contributed by atoms with E-state index in [1.54, 1.807) is 30.3 Å². The van der Waals surface area contributed by atoms with Crippen LogP contribution in [-0.4, -0.2) is 11.0 Å². The number of aryl methyl sites for hydroxylation is 3. The summed E-state index contributed by atoms with van der Waals surface area (Å²) in [5.41, 5.74) is 6.48. The molecule has 0 heterocycles. The minimum absolute atomic E-state index is 0.171. The van der Waals surface area contributed by atoms with Crippen LogP contribution in [0.15, 0.2) is 54.6 Å². The number of phenolic OH excluding ortho intramolecular Hbond substituents is 1. The molecule has 0 aliphatic carbocycles. The Morgan fingerprint density at radius 3 is 2.07 bits per heavy atom. The Kier molecular flexibility index (Phi) is 4.96. The van der Waals surface area contributed by atoms with Crippen molar-refractivity contribution >= 4 is 11.6 Å². The molecule has 0 aliphatic heterocycles. The fourth-order valence-electron chi connectivity index (χ4n) is 3.20. The number of carbonyl (C=O) groups is 1. The van der Waals surface area contributed by atoms with E-state index < -0.39 is 0 Å². The molecule has 0 aromatic heterocycles. The van der Waals surface area contributed by atoms with Crippen molar-refractivity contribution in [1.82, 2.24) is 0 Å². The van der Waals surface area contributed by atoms with Crippen molar-refractivity contribution in [2.45, 2.75) is 20.8 Å². The Morgan fingerprint density at radius 2 is 1.52 bits per heavy atom. The van der Waals surface area contributed by atoms with Crippen LogP contribution in [0.25, 0.3) is 11.1 Å². The molecule has 2 N–H and O–H groups in total. The normalized spacial score (nSPS) is 10.3. The highest BCUT2D eigenvalue weighted by Crippen LogP contribution is 2.27. The number of nitrogens with zero attached hydrogens (tertiary/aromatic N) is 1. The minimum Gasteiger partial charge on any atom is -0.508 e. The van der Waals surface area contributed by atoms with Gasteiger partial charge in [-0.05, 0) is 78.9 Å². The van der Waals surface area contributed by atoms with Gasteiger partial charge in [-0.2, -0.15) is 5.26 Å². The van der Waals surface area contributed by atoms with E-state index in [1.807, 2.05) is 45.0 Å². The van der Waals surface area contributed by atoms with Crippen molar-refractivity contribution in [3.63, 3.8) is 0 Å². The first-order valence-corrected chi connectivity index (χ1v) is 8.62. The van der Waals surface area contributed by atoms with Crippen molar-refractivity contribution < 1.29 is 9.90 Å². The summed E-state index contributed by atoms with van der Waals surface area (Å²) in [7, 11) is 0. The van der Waals surface area contributed by atoms with Crippen LogP contribution in [0.1, 0.15) is 32.6 Å². The summed E-state index contributed by atoms with van der Waals surface area (Å²) in [6.07, 6.45) is 0. The van der Waals surface area contributed by atoms with Crippen LogP contribution in [0.2, 0.25) is 0 Å². The van der Waals surface area contributed by atoms with Gasteiger partial charge >= 0.3 is 0 Å². The number of anilines is 1. The maximum Gasteiger partial charge on any atom is 0.256 e. The van der Waals surface area contributed by atoms with E-state index in [0.29, 0.717) is 16.8 Å². The highest BCUT2D eigenvalue weighted by Gasteiger charge is 2.15. The Labute approximate surface area is 158 Å². The zero-order valence-corrected chi connectivity index (χ0v) is 15.5. The third kappa shape index (κ3) is 3.83. The van der Waals surface area contributed by atoms with Gasteiger partial charge in [0.1, 0.15) is 5.75 Å². The SMILES string of the molecule is Cc1cc(C#N)ccc1NC(=O)c1c(C)cc(-c2ccc(O)cc2)cc1C. The molecule has 4 nitrogen and oxygen atoms in total. The molecule has 3 aromatic rings. The van der Waals surface area contributed by atoms with Crippen molar-refractivity contribution in [2.75, 3.05) is 5.32 Å². The Morgan fingerprint density at radius 1 is 0.889 bits per heavy atom. The van der Waals surface area contributed by atoms with Crippen molar-refractivity contribution in [2.24, 2.45) is 0 Å². The van der Waals surface area contributed by atoms with E-state index >= 15 is 0 Å². The highest BCUT2D eigenvalue weighted by molar-refractivity contribution is 6.07. The lowest BCUT2D eigenvalue weighted by molar-refractivity contribution is 0.102. The number of carbonyl (C=O) groups excluding carboxylic acids is 1. The Hall–Kier alpha value is -3.58. The molecule has 134 valence electrons. The molecule has 0 radical (unpaired) electrons. The second-order valence-electron chi connectivity index (χ2n) is 6.63. The predicted molar refractivity (Wildman–Crippen MR) is 107 cm³/mol. The molecule has 0 unspecified atom stereocenters. The zero-order valence-electron chi connectivity index (χ0n) is 15.5. The van der Waals surface area contributed by atoms with E-state index in [-0.39, 0.29) is 11.7 Å². The van der Waals surface area contributed by atoms with Crippen LogP contribution in [0.3, 0.4) is 0 Å². The molecule has 4 heteroatoms. The van der Waals surface area contributed by atoms with Gasteiger partial charge in [-0.3, -0.25) is 4.79 Å². The fourth-order valence-corrected chi connectivity index (χ4v) is 3.20. The van der Waals surface area contributed by atoms with Crippen molar-refractivity contribution in [3.8, 4) is 22.9 Å². The number of hydrogen-bond acceptors (Lipinski definition) is 3. The van der Waals surface area contributed by atoms with E-state index in [2.05, 4.69) is 11.4 Å². The fraction of sp³-hybridized carbons (Fsp3) is 0.130. The molecular formula is C23H20N2O2. The van der Waals surface area contributed by atoms with E-state index in [4.69, 9.17) is 5.26 Å². The number of phenols is 1. The van der Waals surface area contributed by atoms with Crippen LogP contribution in [0.5, 0.6) is 5.75 Å². The van der Waals surface area contributed by atoms with Gasteiger partial charge in [-0.15, -0.1) is 0 Å². The van der Waals surface area contributed by atoms with E-state index in [0.717, 1.165) is 27.8 Å². The minimum atomic E-state index is -0.171. The quantitative estimate of drug-likeness (QED) is 0.685. The molecule has 0 saturated carbocycles. The van der Waals surface area contributed by atoms with Gasteiger partial charge < -0.3 is 10.4 Å². The number of amides is 1. The molecule has 0 saturated heterocycles. The molecule has 0 bridgehead atoms. The van der Waals surface area contributed by atoms with Gasteiger partial charge in [-0.25, -0.2) is 0 Å². The Balaban J connectivity index is 1.91. The predicted octanol–water partition coefficient (Wildman–Crippen LogP) is 5.11. The number of benzene rings is 3. The van der Waals surface area contributed by atoms with Crippen LogP contribution >= 0.6 is 0 Å². The zero-order chi connectivity index (χ0) is 19.6. The van der Waals surface area contributed by atoms with Gasteiger partial charge in [0.05, 0.1) is 11.6 Å². The monoisotopic (exact) mass is 356 g/mol. The average Bonchev–Trinajstić information content (AvgIpc) is 2.63. The summed E-state index contributed by atoms with van der Waals surface area (Å²) in [5, 5.41) is 21.4. The molecule has 27 heavy (non-hydrogen) atoms. The van der Waals surface area contributed by atoms with E-state index in [9.17, 15) is 9.90 Å². The summed E-state index contributed by atoms with van der Waals surface area (Å²) >= 11 is 0. The van der Waals surface area contributed by atoms with Gasteiger partial charge in [0.15, 0.2) is 0 Å². The number of hydrogen-bond donors (Lipinski definition) is 2. The highest BCUT2D eigenvalue weighted by atomic mass is 16.3. The summed E-state index contributed by atoms with van der Waals surface area (Å²) in [6, 6.07) is 18.2. The van der Waals surface area contributed by atoms with Gasteiger partial charge in [-0.1, -0.05) is 24.3 Å². The first-order valence-electron chi connectivity index (χ1n) is 8.62. The summed E-state index contributed by atoms with van der Waals surface area (Å²) in [6.45, 7) is 5.69. The van der Waals surface area contributed by atoms with Crippen LogP contribution in [0.4, 0.5) is 5.69 Å². The number of nitriles is 1. The number of rotatable bonds is 3. The van der Waals surface area contributed by atoms with Gasteiger partial charge in [0.2, 0.25) is 0 Å². The second kappa shape index (κ2) is 7.35. The number of nitrogens with one attached hydrogen (secondary N) is 1. The average molecular weight is 356 g/mol. The van der Waals surface area contributed by atoms with Crippen LogP contribution < -0.4 is 5.32 Å². The molecule has 3 rings (SSSR count). The smallest absolute Gasteiger partial charge is 0.256 e. The molecule has 0 fully saturated rings. The van der Waals surface area contributed by atoms with Crippen LogP contribution in [-0.2, 0) is 0 Å². The summed E-state index contributed by atoms with van der Waals surface area (Å²) < 4.78 is 0. The maximum atomic E-state index is 12.8. The molecule has 1 amide bonds. The first kappa shape index (κ1) is 18.2. The summed E-state index contributed by atoms with van der Waals surface area (Å²) in [5.74, 6) is 0.0519. The Bertz CT molecular complexity index is 1040. The van der Waals surface area contributed by atoms with E-state index in [1.165, 1.54) is 0 Å². The lowest BCUT2D eigenvalue weighted by atomic mass is 9.95. The third-order valence-corrected chi connectivity index (χ3v) is 4.56. The lowest BCUT2D eigenvalue weighted by Gasteiger charge is -2.14. The number of aromatic hydroxyl groups is 1. The summed E-state index contributed by atoms with van der Waals surface area (Å²) in [4.78, 5) is 12.8. The molecule has 0 spiro atoms.